The maximum absolute atomic E-state index is 10.7. The first kappa shape index (κ1) is 12.2. The number of carbonyl (C=O) groups excluding carboxylic acids is 2. The number of hydrogen-bond donors (Lipinski definition) is 1. The predicted molar refractivity (Wildman–Crippen MR) is 47.5 cm³/mol. The number of ether oxygens (including phenoxy) is 2. The number of esters is 1. The summed E-state index contributed by atoms with van der Waals surface area (Å²) >= 11 is 0.884. The summed E-state index contributed by atoms with van der Waals surface area (Å²) in [6, 6.07) is 0. The number of hydrogen-bond acceptors (Lipinski definition) is 6. The van der Waals surface area contributed by atoms with Crippen molar-refractivity contribution in [3.8, 4) is 0 Å². The van der Waals surface area contributed by atoms with E-state index in [1.807, 2.05) is 0 Å². The lowest BCUT2D eigenvalue weighted by atomic mass is 10.7. The van der Waals surface area contributed by atoms with Crippen LogP contribution in [-0.2, 0) is 14.3 Å². The molecule has 0 aromatic rings. The quantitative estimate of drug-likeness (QED) is 0.521. The molecule has 0 bridgehead atoms. The zero-order chi connectivity index (χ0) is 10.1. The third kappa shape index (κ3) is 9.16. The molecule has 1 N–H and O–H groups in total. The van der Waals surface area contributed by atoms with Crippen molar-refractivity contribution in [3.05, 3.63) is 0 Å². The van der Waals surface area contributed by atoms with Crippen molar-refractivity contribution in [1.82, 2.24) is 0 Å². The standard InChI is InChI=1S/C7H12O5S/c1-6(9)11-3-4-12-7(10)13-5-2-8/h8H,2-5H2,1H3. The minimum atomic E-state index is -0.471. The Labute approximate surface area is 80.4 Å². The van der Waals surface area contributed by atoms with Crippen LogP contribution < -0.4 is 0 Å². The fourth-order valence-corrected chi connectivity index (χ4v) is 0.906. The van der Waals surface area contributed by atoms with Crippen molar-refractivity contribution in [2.75, 3.05) is 25.6 Å². The zero-order valence-electron chi connectivity index (χ0n) is 7.32. The Hall–Kier alpha value is -0.750. The average molecular weight is 208 g/mol. The molecular weight excluding hydrogens is 196 g/mol. The first-order chi connectivity index (χ1) is 6.16. The fourth-order valence-electron chi connectivity index (χ4n) is 0.481. The second-order valence-corrected chi connectivity index (χ2v) is 3.04. The highest BCUT2D eigenvalue weighted by molar-refractivity contribution is 8.13. The molecule has 6 heteroatoms. The largest absolute Gasteiger partial charge is 0.462 e. The van der Waals surface area contributed by atoms with Gasteiger partial charge in [-0.3, -0.25) is 4.79 Å². The number of rotatable bonds is 5. The van der Waals surface area contributed by atoms with Crippen LogP contribution in [0.2, 0.25) is 0 Å². The number of carbonyl (C=O) groups is 2. The fraction of sp³-hybridized carbons (Fsp3) is 0.714. The number of aliphatic hydroxyl groups excluding tert-OH is 1. The van der Waals surface area contributed by atoms with Crippen LogP contribution in [-0.4, -0.2) is 42.0 Å². The van der Waals surface area contributed by atoms with Crippen molar-refractivity contribution in [3.63, 3.8) is 0 Å². The number of aliphatic hydroxyl groups is 1. The summed E-state index contributed by atoms with van der Waals surface area (Å²) in [7, 11) is 0. The Balaban J connectivity index is 3.22. The molecule has 0 aliphatic carbocycles. The van der Waals surface area contributed by atoms with E-state index in [1.165, 1.54) is 6.92 Å². The Morgan fingerprint density at radius 1 is 1.31 bits per heavy atom. The molecule has 0 aromatic carbocycles. The first-order valence-corrected chi connectivity index (χ1v) is 4.69. The molecule has 0 heterocycles. The van der Waals surface area contributed by atoms with Crippen LogP contribution in [0.1, 0.15) is 6.92 Å². The minimum absolute atomic E-state index is 0.0524. The highest BCUT2D eigenvalue weighted by Gasteiger charge is 2.02. The van der Waals surface area contributed by atoms with Crippen LogP contribution in [0.15, 0.2) is 0 Å². The molecule has 0 spiro atoms. The summed E-state index contributed by atoms with van der Waals surface area (Å²) in [6.45, 7) is 1.34. The Bertz CT molecular complexity index is 170. The molecule has 0 saturated carbocycles. The zero-order valence-corrected chi connectivity index (χ0v) is 8.13. The van der Waals surface area contributed by atoms with Crippen LogP contribution in [0.5, 0.6) is 0 Å². The van der Waals surface area contributed by atoms with Gasteiger partial charge in [0.05, 0.1) is 6.61 Å². The van der Waals surface area contributed by atoms with Gasteiger partial charge in [-0.2, -0.15) is 0 Å². The van der Waals surface area contributed by atoms with Gasteiger partial charge in [-0.15, -0.1) is 0 Å². The Morgan fingerprint density at radius 2 is 1.92 bits per heavy atom. The topological polar surface area (TPSA) is 72.8 Å². The van der Waals surface area contributed by atoms with E-state index >= 15 is 0 Å². The SMILES string of the molecule is CC(=O)OCCOC(=O)SCCO. The normalized spacial score (nSPS) is 9.38. The number of thioether (sulfide) groups is 1. The molecule has 76 valence electrons. The molecular formula is C7H12O5S. The van der Waals surface area contributed by atoms with Crippen LogP contribution in [0.4, 0.5) is 4.79 Å². The predicted octanol–water partition coefficient (Wildman–Crippen LogP) is 0.412. The Kier molecular flexibility index (Phi) is 7.42. The molecule has 0 amide bonds. The van der Waals surface area contributed by atoms with Gasteiger partial charge in [-0.1, -0.05) is 0 Å². The van der Waals surface area contributed by atoms with Gasteiger partial charge >= 0.3 is 11.3 Å². The molecule has 13 heavy (non-hydrogen) atoms. The summed E-state index contributed by atoms with van der Waals surface area (Å²) in [5, 5.41) is 7.89. The van der Waals surface area contributed by atoms with Gasteiger partial charge in [0.2, 0.25) is 0 Å². The van der Waals surface area contributed by atoms with Crippen LogP contribution >= 0.6 is 11.8 Å². The molecule has 0 aliphatic rings. The molecule has 0 aliphatic heterocycles. The van der Waals surface area contributed by atoms with E-state index in [4.69, 9.17) is 5.11 Å². The highest BCUT2D eigenvalue weighted by Crippen LogP contribution is 2.03. The average Bonchev–Trinajstić information content (AvgIpc) is 2.08. The lowest BCUT2D eigenvalue weighted by molar-refractivity contribution is -0.141. The molecule has 0 unspecified atom stereocenters. The van der Waals surface area contributed by atoms with Crippen molar-refractivity contribution >= 4 is 23.0 Å². The van der Waals surface area contributed by atoms with Crippen molar-refractivity contribution < 1.29 is 24.2 Å². The summed E-state index contributed by atoms with van der Waals surface area (Å²) in [6.07, 6.45) is 0. The van der Waals surface area contributed by atoms with Crippen LogP contribution in [0.3, 0.4) is 0 Å². The van der Waals surface area contributed by atoms with Crippen LogP contribution in [0, 0.1) is 0 Å². The van der Waals surface area contributed by atoms with E-state index in [-0.39, 0.29) is 19.8 Å². The van der Waals surface area contributed by atoms with E-state index < -0.39 is 11.3 Å². The van der Waals surface area contributed by atoms with Gasteiger partial charge < -0.3 is 14.6 Å². The molecule has 0 atom stereocenters. The molecule has 0 fully saturated rings. The van der Waals surface area contributed by atoms with E-state index in [0.29, 0.717) is 5.75 Å². The molecule has 0 aromatic heterocycles. The molecule has 0 saturated heterocycles. The highest BCUT2D eigenvalue weighted by atomic mass is 32.2. The lowest BCUT2D eigenvalue weighted by Crippen LogP contribution is -2.10. The monoisotopic (exact) mass is 208 g/mol. The van der Waals surface area contributed by atoms with E-state index in [2.05, 4.69) is 9.47 Å². The third-order valence-electron chi connectivity index (χ3n) is 0.920. The van der Waals surface area contributed by atoms with Crippen molar-refractivity contribution in [1.29, 1.82) is 0 Å². The third-order valence-corrected chi connectivity index (χ3v) is 1.66. The van der Waals surface area contributed by atoms with E-state index in [0.717, 1.165) is 11.8 Å². The van der Waals surface area contributed by atoms with Gasteiger partial charge in [0.15, 0.2) is 0 Å². The molecule has 5 nitrogen and oxygen atoms in total. The summed E-state index contributed by atoms with van der Waals surface area (Å²) < 4.78 is 9.15. The van der Waals surface area contributed by atoms with Crippen molar-refractivity contribution in [2.24, 2.45) is 0 Å². The van der Waals surface area contributed by atoms with Gasteiger partial charge in [-0.25, -0.2) is 4.79 Å². The van der Waals surface area contributed by atoms with E-state index in [1.54, 1.807) is 0 Å². The van der Waals surface area contributed by atoms with Gasteiger partial charge in [-0.05, 0) is 11.8 Å². The van der Waals surface area contributed by atoms with E-state index in [9.17, 15) is 9.59 Å². The maximum atomic E-state index is 10.7. The van der Waals surface area contributed by atoms with Gasteiger partial charge in [0.1, 0.15) is 13.2 Å². The minimum Gasteiger partial charge on any atom is -0.462 e. The smallest absolute Gasteiger partial charge is 0.367 e. The van der Waals surface area contributed by atoms with Gasteiger partial charge in [0.25, 0.3) is 0 Å². The maximum Gasteiger partial charge on any atom is 0.367 e. The second-order valence-electron chi connectivity index (χ2n) is 2.01. The molecule has 0 rings (SSSR count). The summed E-state index contributed by atoms with van der Waals surface area (Å²) in [5.41, 5.74) is 0. The second kappa shape index (κ2) is 7.88. The Morgan fingerprint density at radius 3 is 2.46 bits per heavy atom. The summed E-state index contributed by atoms with van der Waals surface area (Å²) in [5.74, 6) is -0.0917. The van der Waals surface area contributed by atoms with Gasteiger partial charge in [0, 0.05) is 12.7 Å². The van der Waals surface area contributed by atoms with Crippen molar-refractivity contribution in [2.45, 2.75) is 6.92 Å². The summed E-state index contributed by atoms with van der Waals surface area (Å²) in [4.78, 5) is 21.0. The first-order valence-electron chi connectivity index (χ1n) is 3.70. The van der Waals surface area contributed by atoms with Crippen LogP contribution in [0.25, 0.3) is 0 Å². The lowest BCUT2D eigenvalue weighted by Gasteiger charge is -2.03. The molecule has 0 radical (unpaired) electrons.